The number of aryl methyl sites for hydroxylation is 2. The number of hydrogen-bond acceptors (Lipinski definition) is 5. The molecule has 0 fully saturated rings. The van der Waals surface area contributed by atoms with Crippen molar-refractivity contribution in [3.8, 4) is 5.75 Å². The van der Waals surface area contributed by atoms with Gasteiger partial charge in [0.2, 0.25) is 0 Å². The Hall–Kier alpha value is -3.19. The lowest BCUT2D eigenvalue weighted by molar-refractivity contribution is 0.102. The summed E-state index contributed by atoms with van der Waals surface area (Å²) in [4.78, 5) is 21.1. The summed E-state index contributed by atoms with van der Waals surface area (Å²) in [7, 11) is 1.92. The van der Waals surface area contributed by atoms with Crippen molar-refractivity contribution in [2.45, 2.75) is 13.5 Å². The van der Waals surface area contributed by atoms with Gasteiger partial charge in [-0.15, -0.1) is 0 Å². The van der Waals surface area contributed by atoms with Gasteiger partial charge in [0.05, 0.1) is 10.2 Å². The molecule has 0 saturated heterocycles. The van der Waals surface area contributed by atoms with Crippen LogP contribution in [-0.2, 0) is 13.7 Å². The summed E-state index contributed by atoms with van der Waals surface area (Å²) in [5.74, 6) is 1.33. The minimum atomic E-state index is -0.193. The van der Waals surface area contributed by atoms with E-state index in [1.165, 1.54) is 16.9 Å². The van der Waals surface area contributed by atoms with E-state index in [1.807, 2.05) is 36.9 Å². The van der Waals surface area contributed by atoms with Gasteiger partial charge in [0.1, 0.15) is 18.2 Å². The first-order valence-electron chi connectivity index (χ1n) is 8.46. The summed E-state index contributed by atoms with van der Waals surface area (Å²) in [6.45, 7) is 2.41. The van der Waals surface area contributed by atoms with Crippen LogP contribution in [0.1, 0.15) is 21.7 Å². The Kier molecular flexibility index (Phi) is 4.60. The molecule has 0 atom stereocenters. The van der Waals surface area contributed by atoms with Crippen molar-refractivity contribution < 1.29 is 9.53 Å². The molecule has 0 aliphatic carbocycles. The van der Waals surface area contributed by atoms with Crippen molar-refractivity contribution in [2.24, 2.45) is 7.05 Å². The Labute approximate surface area is 160 Å². The van der Waals surface area contributed by atoms with Crippen LogP contribution >= 0.6 is 11.3 Å². The van der Waals surface area contributed by atoms with Gasteiger partial charge in [-0.1, -0.05) is 17.4 Å². The molecule has 0 aliphatic rings. The maximum atomic E-state index is 12.5. The minimum absolute atomic E-state index is 0.193. The maximum absolute atomic E-state index is 12.5. The normalized spacial score (nSPS) is 10.9. The predicted molar refractivity (Wildman–Crippen MR) is 106 cm³/mol. The number of hydrogen-bond donors (Lipinski definition) is 1. The van der Waals surface area contributed by atoms with Crippen LogP contribution in [0.3, 0.4) is 0 Å². The van der Waals surface area contributed by atoms with Crippen molar-refractivity contribution in [2.75, 3.05) is 5.32 Å². The summed E-state index contributed by atoms with van der Waals surface area (Å²) in [5.41, 5.74) is 2.61. The molecule has 0 unspecified atom stereocenters. The number of carbonyl (C=O) groups is 1. The SMILES string of the molecule is Cc1ccc2nc(NC(=O)c3ccc(OCc4nccn4C)cc3)sc2c1. The van der Waals surface area contributed by atoms with E-state index in [0.717, 1.165) is 16.0 Å². The number of aromatic nitrogens is 3. The standard InChI is InChI=1S/C20H18N4O2S/c1-13-3-8-16-17(11-13)27-20(22-16)23-19(25)14-4-6-15(7-5-14)26-12-18-21-9-10-24(18)2/h3-11H,12H2,1-2H3,(H,22,23,25). The number of nitrogens with zero attached hydrogens (tertiary/aromatic N) is 3. The van der Waals surface area contributed by atoms with Crippen molar-refractivity contribution >= 4 is 32.6 Å². The average molecular weight is 378 g/mol. The molecular weight excluding hydrogens is 360 g/mol. The second-order valence-electron chi connectivity index (χ2n) is 6.21. The van der Waals surface area contributed by atoms with Crippen LogP contribution in [0.4, 0.5) is 5.13 Å². The first-order chi connectivity index (χ1) is 13.1. The fourth-order valence-electron chi connectivity index (χ4n) is 2.64. The highest BCUT2D eigenvalue weighted by molar-refractivity contribution is 7.22. The second-order valence-corrected chi connectivity index (χ2v) is 7.24. The Morgan fingerprint density at radius 2 is 2.04 bits per heavy atom. The molecule has 4 aromatic rings. The number of benzene rings is 2. The van der Waals surface area contributed by atoms with Crippen LogP contribution in [0.2, 0.25) is 0 Å². The number of ether oxygens (including phenoxy) is 1. The molecule has 0 radical (unpaired) electrons. The van der Waals surface area contributed by atoms with Gasteiger partial charge in [-0.3, -0.25) is 10.1 Å². The van der Waals surface area contributed by atoms with Crippen LogP contribution < -0.4 is 10.1 Å². The molecule has 0 bridgehead atoms. The highest BCUT2D eigenvalue weighted by Crippen LogP contribution is 2.27. The van der Waals surface area contributed by atoms with Crippen LogP contribution in [0.5, 0.6) is 5.75 Å². The number of rotatable bonds is 5. The van der Waals surface area contributed by atoms with E-state index in [9.17, 15) is 4.79 Å². The number of anilines is 1. The zero-order valence-electron chi connectivity index (χ0n) is 15.0. The van der Waals surface area contributed by atoms with Crippen LogP contribution in [0.25, 0.3) is 10.2 Å². The highest BCUT2D eigenvalue weighted by atomic mass is 32.1. The van der Waals surface area contributed by atoms with Crippen LogP contribution in [0, 0.1) is 6.92 Å². The number of nitrogens with one attached hydrogen (secondary N) is 1. The van der Waals surface area contributed by atoms with Gasteiger partial charge >= 0.3 is 0 Å². The first-order valence-corrected chi connectivity index (χ1v) is 9.28. The molecule has 6 nitrogen and oxygen atoms in total. The third kappa shape index (κ3) is 3.83. The summed E-state index contributed by atoms with van der Waals surface area (Å²) in [6, 6.07) is 13.1. The number of carbonyl (C=O) groups excluding carboxylic acids is 1. The number of imidazole rings is 1. The van der Waals surface area contributed by atoms with E-state index in [2.05, 4.69) is 21.4 Å². The molecule has 2 heterocycles. The van der Waals surface area contributed by atoms with Gasteiger partial charge in [-0.2, -0.15) is 0 Å². The van der Waals surface area contributed by atoms with Crippen molar-refractivity contribution in [1.82, 2.24) is 14.5 Å². The Morgan fingerprint density at radius 3 is 2.78 bits per heavy atom. The number of amides is 1. The zero-order valence-corrected chi connectivity index (χ0v) is 15.8. The molecular formula is C20H18N4O2S. The van der Waals surface area contributed by atoms with E-state index in [1.54, 1.807) is 30.5 Å². The quantitative estimate of drug-likeness (QED) is 0.566. The van der Waals surface area contributed by atoms with Gasteiger partial charge in [0, 0.05) is 25.0 Å². The molecule has 4 rings (SSSR count). The molecule has 0 aliphatic heterocycles. The van der Waals surface area contributed by atoms with Gasteiger partial charge in [0.25, 0.3) is 5.91 Å². The van der Waals surface area contributed by atoms with E-state index in [0.29, 0.717) is 23.1 Å². The topological polar surface area (TPSA) is 69.0 Å². The van der Waals surface area contributed by atoms with Crippen molar-refractivity contribution in [1.29, 1.82) is 0 Å². The van der Waals surface area contributed by atoms with E-state index < -0.39 is 0 Å². The Balaban J connectivity index is 1.41. The largest absolute Gasteiger partial charge is 0.486 e. The van der Waals surface area contributed by atoms with Gasteiger partial charge < -0.3 is 9.30 Å². The van der Waals surface area contributed by atoms with Crippen LogP contribution in [-0.4, -0.2) is 20.4 Å². The molecule has 0 saturated carbocycles. The monoisotopic (exact) mass is 378 g/mol. The summed E-state index contributed by atoms with van der Waals surface area (Å²) in [6.07, 6.45) is 3.60. The van der Waals surface area contributed by atoms with Gasteiger partial charge in [-0.05, 0) is 48.9 Å². The molecule has 27 heavy (non-hydrogen) atoms. The second kappa shape index (κ2) is 7.20. The third-order valence-corrected chi connectivity index (χ3v) is 5.10. The van der Waals surface area contributed by atoms with Gasteiger partial charge in [0.15, 0.2) is 5.13 Å². The van der Waals surface area contributed by atoms with Crippen molar-refractivity contribution in [3.05, 3.63) is 71.8 Å². The lowest BCUT2D eigenvalue weighted by Gasteiger charge is -2.07. The zero-order chi connectivity index (χ0) is 18.8. The first kappa shape index (κ1) is 17.2. The predicted octanol–water partition coefficient (Wildman–Crippen LogP) is 4.17. The lowest BCUT2D eigenvalue weighted by atomic mass is 10.2. The fraction of sp³-hybridized carbons (Fsp3) is 0.150. The molecule has 136 valence electrons. The molecule has 2 aromatic heterocycles. The van der Waals surface area contributed by atoms with E-state index >= 15 is 0 Å². The van der Waals surface area contributed by atoms with Crippen molar-refractivity contribution in [3.63, 3.8) is 0 Å². The summed E-state index contributed by atoms with van der Waals surface area (Å²) >= 11 is 1.47. The van der Waals surface area contributed by atoms with E-state index in [4.69, 9.17) is 4.74 Å². The Morgan fingerprint density at radius 1 is 1.22 bits per heavy atom. The molecule has 0 spiro atoms. The van der Waals surface area contributed by atoms with Crippen LogP contribution in [0.15, 0.2) is 54.9 Å². The van der Waals surface area contributed by atoms with E-state index in [-0.39, 0.29) is 5.91 Å². The maximum Gasteiger partial charge on any atom is 0.257 e. The lowest BCUT2D eigenvalue weighted by Crippen LogP contribution is -2.11. The fourth-order valence-corrected chi connectivity index (χ4v) is 3.60. The minimum Gasteiger partial charge on any atom is -0.486 e. The molecule has 1 amide bonds. The average Bonchev–Trinajstić information content (AvgIpc) is 3.25. The Bertz CT molecular complexity index is 1100. The summed E-state index contributed by atoms with van der Waals surface area (Å²) < 4.78 is 8.67. The molecule has 2 aromatic carbocycles. The number of fused-ring (bicyclic) bond motifs is 1. The smallest absolute Gasteiger partial charge is 0.257 e. The molecule has 1 N–H and O–H groups in total. The summed E-state index contributed by atoms with van der Waals surface area (Å²) in [5, 5.41) is 3.46. The van der Waals surface area contributed by atoms with Gasteiger partial charge in [-0.25, -0.2) is 9.97 Å². The highest BCUT2D eigenvalue weighted by Gasteiger charge is 2.10. The third-order valence-electron chi connectivity index (χ3n) is 4.17. The number of thiazole rings is 1. The molecule has 7 heteroatoms.